The molecule has 1 heterocycles. The van der Waals surface area contributed by atoms with Crippen LogP contribution < -0.4 is 4.74 Å². The van der Waals surface area contributed by atoms with Gasteiger partial charge in [-0.3, -0.25) is 4.68 Å². The zero-order chi connectivity index (χ0) is 16.4. The van der Waals surface area contributed by atoms with E-state index in [9.17, 15) is 4.79 Å². The number of hydrogen-bond acceptors (Lipinski definition) is 3. The third-order valence-electron chi connectivity index (χ3n) is 3.03. The summed E-state index contributed by atoms with van der Waals surface area (Å²) in [5, 5.41) is 13.7. The van der Waals surface area contributed by atoms with Crippen LogP contribution in [0.2, 0.25) is 0 Å². The van der Waals surface area contributed by atoms with E-state index in [1.54, 1.807) is 16.8 Å². The highest BCUT2D eigenvalue weighted by Crippen LogP contribution is 2.25. The number of nitrogens with zero attached hydrogens (tertiary/aromatic N) is 2. The first kappa shape index (κ1) is 10.9. The van der Waals surface area contributed by atoms with E-state index < -0.39 is 12.5 Å². The number of fused-ring (bicyclic) bond motifs is 1. The Morgan fingerprint density at radius 2 is 1.90 bits per heavy atom. The Kier molecular flexibility index (Phi) is 2.94. The zero-order valence-electron chi connectivity index (χ0n) is 13.1. The van der Waals surface area contributed by atoms with Gasteiger partial charge >= 0.3 is 5.97 Å². The molecule has 0 aliphatic carbocycles. The smallest absolute Gasteiger partial charge is 0.341 e. The van der Waals surface area contributed by atoms with E-state index >= 15 is 0 Å². The van der Waals surface area contributed by atoms with E-state index in [1.807, 2.05) is 42.5 Å². The van der Waals surface area contributed by atoms with Crippen LogP contribution in [0.15, 0.2) is 54.6 Å². The lowest BCUT2D eigenvalue weighted by molar-refractivity contribution is -0.139. The van der Waals surface area contributed by atoms with Crippen molar-refractivity contribution in [3.63, 3.8) is 0 Å². The number of ether oxygens (including phenoxy) is 1. The van der Waals surface area contributed by atoms with Crippen LogP contribution in [0, 0.1) is 0 Å². The predicted octanol–water partition coefficient (Wildman–Crippen LogP) is 2.55. The van der Waals surface area contributed by atoms with Gasteiger partial charge in [-0.2, -0.15) is 0 Å². The molecule has 106 valence electrons. The number of carboxylic acid groups (broad SMARTS) is 1. The average Bonchev–Trinajstić information content (AvgIpc) is 2.86. The topological polar surface area (TPSA) is 64.4 Å². The number of aromatic nitrogens is 2. The summed E-state index contributed by atoms with van der Waals surface area (Å²) in [5.41, 5.74) is 1.76. The Bertz CT molecular complexity index is 847. The lowest BCUT2D eigenvalue weighted by atomic mass is 10.2. The minimum absolute atomic E-state index is 0.0380. The summed E-state index contributed by atoms with van der Waals surface area (Å²) < 4.78 is 21.5. The molecule has 5 nitrogen and oxygen atoms in total. The summed E-state index contributed by atoms with van der Waals surface area (Å²) in [6.07, 6.45) is 0. The van der Waals surface area contributed by atoms with E-state index in [-0.39, 0.29) is 5.88 Å². The second kappa shape index (κ2) is 5.66. The number of carbonyl (C=O) groups is 1. The predicted molar refractivity (Wildman–Crippen MR) is 78.4 cm³/mol. The van der Waals surface area contributed by atoms with Gasteiger partial charge < -0.3 is 9.84 Å². The monoisotopic (exact) mass is 284 g/mol. The van der Waals surface area contributed by atoms with E-state index in [0.29, 0.717) is 11.9 Å². The summed E-state index contributed by atoms with van der Waals surface area (Å²) >= 11 is 0. The van der Waals surface area contributed by atoms with Gasteiger partial charge in [-0.25, -0.2) is 4.79 Å². The van der Waals surface area contributed by atoms with Crippen LogP contribution in [0.1, 0.15) is 8.30 Å². The normalized spacial score (nSPS) is 12.8. The highest BCUT2D eigenvalue weighted by Gasteiger charge is 2.12. The first-order valence-electron chi connectivity index (χ1n) is 7.39. The van der Waals surface area contributed by atoms with E-state index in [0.717, 1.165) is 11.1 Å². The number of aliphatic carboxylic acids is 1. The lowest BCUT2D eigenvalue weighted by Gasteiger charge is -2.03. The standard InChI is InChI=1S/C16H14N2O3/c19-15(20)11-21-16-13-8-4-5-9-14(13)18(17-16)10-12-6-2-1-3-7-12/h1-9H,10-11H2,(H,19,20)/i11D2. The molecule has 3 rings (SSSR count). The Labute approximate surface area is 124 Å². The van der Waals surface area contributed by atoms with Crippen molar-refractivity contribution < 1.29 is 17.4 Å². The summed E-state index contributed by atoms with van der Waals surface area (Å²) in [7, 11) is 0. The van der Waals surface area contributed by atoms with Crippen molar-refractivity contribution in [2.45, 2.75) is 6.54 Å². The van der Waals surface area contributed by atoms with Crippen LogP contribution in [0.25, 0.3) is 10.9 Å². The number of hydrogen-bond donors (Lipinski definition) is 1. The Morgan fingerprint density at radius 1 is 1.19 bits per heavy atom. The molecule has 0 aliphatic heterocycles. The SMILES string of the molecule is [2H]C([2H])(Oc1nn(Cc2ccccc2)c2ccccc12)C(=O)O. The summed E-state index contributed by atoms with van der Waals surface area (Å²) in [6, 6.07) is 16.8. The molecular weight excluding hydrogens is 268 g/mol. The number of para-hydroxylation sites is 1. The van der Waals surface area contributed by atoms with Crippen LogP contribution in [0.3, 0.4) is 0 Å². The summed E-state index contributed by atoms with van der Waals surface area (Å²) in [5.74, 6) is -1.73. The van der Waals surface area contributed by atoms with Gasteiger partial charge in [0.15, 0.2) is 6.56 Å². The van der Waals surface area contributed by atoms with Crippen molar-refractivity contribution in [1.82, 2.24) is 9.78 Å². The van der Waals surface area contributed by atoms with Gasteiger partial charge in [0, 0.05) is 0 Å². The lowest BCUT2D eigenvalue weighted by Crippen LogP contribution is -2.10. The van der Waals surface area contributed by atoms with E-state index in [2.05, 4.69) is 5.10 Å². The van der Waals surface area contributed by atoms with Crippen LogP contribution in [-0.2, 0) is 11.3 Å². The van der Waals surface area contributed by atoms with Crippen molar-refractivity contribution in [3.8, 4) is 5.88 Å². The molecule has 0 aliphatic rings. The Hall–Kier alpha value is -2.82. The molecule has 1 aromatic heterocycles. The quantitative estimate of drug-likeness (QED) is 0.782. The van der Waals surface area contributed by atoms with Crippen molar-refractivity contribution in [1.29, 1.82) is 0 Å². The third kappa shape index (κ3) is 2.86. The minimum atomic E-state index is -2.84. The molecular formula is C16H14N2O3. The molecule has 0 atom stereocenters. The molecule has 21 heavy (non-hydrogen) atoms. The van der Waals surface area contributed by atoms with Gasteiger partial charge in [-0.15, -0.1) is 5.10 Å². The summed E-state index contributed by atoms with van der Waals surface area (Å²) in [6.45, 7) is -2.37. The minimum Gasteiger partial charge on any atom is -0.479 e. The van der Waals surface area contributed by atoms with E-state index in [4.69, 9.17) is 12.6 Å². The van der Waals surface area contributed by atoms with Crippen molar-refractivity contribution in [3.05, 3.63) is 60.2 Å². The van der Waals surface area contributed by atoms with Crippen LogP contribution in [0.4, 0.5) is 0 Å². The maximum Gasteiger partial charge on any atom is 0.341 e. The molecule has 1 N–H and O–H groups in total. The molecule has 0 bridgehead atoms. The fourth-order valence-electron chi connectivity index (χ4n) is 2.14. The highest BCUT2D eigenvalue weighted by atomic mass is 16.5. The van der Waals surface area contributed by atoms with Crippen LogP contribution in [-0.4, -0.2) is 27.4 Å². The van der Waals surface area contributed by atoms with Crippen molar-refractivity contribution >= 4 is 16.9 Å². The molecule has 0 saturated carbocycles. The van der Waals surface area contributed by atoms with Crippen LogP contribution >= 0.6 is 0 Å². The zero-order valence-corrected chi connectivity index (χ0v) is 11.1. The molecule has 0 unspecified atom stereocenters. The third-order valence-corrected chi connectivity index (χ3v) is 3.03. The molecule has 0 radical (unpaired) electrons. The van der Waals surface area contributed by atoms with Gasteiger partial charge in [-0.05, 0) is 17.7 Å². The first-order valence-corrected chi connectivity index (χ1v) is 6.39. The maximum absolute atomic E-state index is 10.9. The second-order valence-corrected chi connectivity index (χ2v) is 4.47. The molecule has 0 amide bonds. The number of benzene rings is 2. The second-order valence-electron chi connectivity index (χ2n) is 4.47. The Balaban J connectivity index is 2.02. The number of carboxylic acids is 1. The van der Waals surface area contributed by atoms with Crippen molar-refractivity contribution in [2.75, 3.05) is 6.56 Å². The molecule has 5 heteroatoms. The first-order chi connectivity index (χ1) is 11.0. The fourth-order valence-corrected chi connectivity index (χ4v) is 2.14. The van der Waals surface area contributed by atoms with E-state index in [1.165, 1.54) is 0 Å². The van der Waals surface area contributed by atoms with Gasteiger partial charge in [0.2, 0.25) is 5.88 Å². The molecule has 0 saturated heterocycles. The maximum atomic E-state index is 10.9. The Morgan fingerprint density at radius 3 is 2.67 bits per heavy atom. The number of rotatable bonds is 5. The molecule has 2 aromatic carbocycles. The summed E-state index contributed by atoms with van der Waals surface area (Å²) in [4.78, 5) is 10.9. The average molecular weight is 284 g/mol. The molecule has 0 fully saturated rings. The van der Waals surface area contributed by atoms with Gasteiger partial charge in [-0.1, -0.05) is 42.5 Å². The molecule has 3 aromatic rings. The fraction of sp³-hybridized carbons (Fsp3) is 0.125. The highest BCUT2D eigenvalue weighted by molar-refractivity contribution is 5.85. The largest absolute Gasteiger partial charge is 0.479 e. The molecule has 0 spiro atoms. The van der Waals surface area contributed by atoms with Gasteiger partial charge in [0.1, 0.15) is 0 Å². The van der Waals surface area contributed by atoms with Crippen molar-refractivity contribution in [2.24, 2.45) is 0 Å². The van der Waals surface area contributed by atoms with Crippen LogP contribution in [0.5, 0.6) is 5.88 Å². The van der Waals surface area contributed by atoms with Gasteiger partial charge in [0.05, 0.1) is 20.2 Å². The van der Waals surface area contributed by atoms with Gasteiger partial charge in [0.25, 0.3) is 0 Å².